The summed E-state index contributed by atoms with van der Waals surface area (Å²) in [6.45, 7) is 1.72. The van der Waals surface area contributed by atoms with Crippen molar-refractivity contribution in [2.24, 2.45) is 0 Å². The summed E-state index contributed by atoms with van der Waals surface area (Å²) in [7, 11) is 0. The molecule has 0 aliphatic rings. The Labute approximate surface area is 211 Å². The number of nitrogens with zero attached hydrogens (tertiary/aromatic N) is 3. The van der Waals surface area contributed by atoms with Crippen molar-refractivity contribution in [3.63, 3.8) is 0 Å². The van der Waals surface area contributed by atoms with Crippen LogP contribution in [0.25, 0.3) is 22.2 Å². The highest BCUT2D eigenvalue weighted by Crippen LogP contribution is 2.30. The number of nitrogens with one attached hydrogen (secondary N) is 1. The Bertz CT molecular complexity index is 1600. The van der Waals surface area contributed by atoms with E-state index in [2.05, 4.69) is 15.4 Å². The molecule has 0 aliphatic carbocycles. The predicted molar refractivity (Wildman–Crippen MR) is 138 cm³/mol. The maximum atomic E-state index is 13.4. The van der Waals surface area contributed by atoms with Crippen molar-refractivity contribution in [1.82, 2.24) is 14.8 Å². The van der Waals surface area contributed by atoms with Gasteiger partial charge in [0, 0.05) is 27.7 Å². The molecule has 0 fully saturated rings. The number of aryl methyl sites for hydroxylation is 1. The molecule has 1 N–H and O–H groups in total. The molecule has 178 valence electrons. The monoisotopic (exact) mass is 498 g/mol. The Hall–Kier alpha value is -4.36. The topological polar surface area (TPSA) is 76.9 Å². The van der Waals surface area contributed by atoms with E-state index < -0.39 is 0 Å². The third-order valence-electron chi connectivity index (χ3n) is 5.79. The number of carbonyl (C=O) groups is 2. The number of anilines is 1. The molecular formula is C28H20ClFN4O2. The number of amides is 1. The van der Waals surface area contributed by atoms with Crippen LogP contribution in [0.4, 0.5) is 10.1 Å². The first kappa shape index (κ1) is 23.4. The molecule has 2 aromatic heterocycles. The van der Waals surface area contributed by atoms with Gasteiger partial charge in [-0.1, -0.05) is 54.1 Å². The second kappa shape index (κ2) is 9.71. The van der Waals surface area contributed by atoms with Gasteiger partial charge in [0.2, 0.25) is 5.91 Å². The van der Waals surface area contributed by atoms with Gasteiger partial charge in [-0.15, -0.1) is 0 Å². The van der Waals surface area contributed by atoms with Crippen molar-refractivity contribution in [1.29, 1.82) is 0 Å². The molecule has 0 saturated heterocycles. The molecule has 6 nitrogen and oxygen atoms in total. The molecule has 0 aliphatic heterocycles. The van der Waals surface area contributed by atoms with E-state index in [1.807, 2.05) is 19.1 Å². The van der Waals surface area contributed by atoms with Crippen LogP contribution in [-0.2, 0) is 11.3 Å². The minimum Gasteiger partial charge on any atom is -0.324 e. The minimum atomic E-state index is -0.377. The number of benzene rings is 3. The maximum absolute atomic E-state index is 13.4. The molecule has 0 saturated carbocycles. The first-order valence-electron chi connectivity index (χ1n) is 11.2. The average molecular weight is 499 g/mol. The molecule has 0 radical (unpaired) electrons. The fraction of sp³-hybridized carbons (Fsp3) is 0.0714. The fourth-order valence-corrected chi connectivity index (χ4v) is 4.32. The van der Waals surface area contributed by atoms with Gasteiger partial charge in [-0.3, -0.25) is 9.59 Å². The quantitative estimate of drug-likeness (QED) is 0.288. The lowest BCUT2D eigenvalue weighted by Crippen LogP contribution is -2.21. The summed E-state index contributed by atoms with van der Waals surface area (Å²) >= 11 is 6.15. The first-order valence-corrected chi connectivity index (χ1v) is 11.6. The van der Waals surface area contributed by atoms with Crippen molar-refractivity contribution in [2.45, 2.75) is 13.5 Å². The molecule has 5 rings (SSSR count). The van der Waals surface area contributed by atoms with Crippen molar-refractivity contribution in [3.05, 3.63) is 113 Å². The van der Waals surface area contributed by atoms with Gasteiger partial charge in [-0.2, -0.15) is 5.10 Å². The van der Waals surface area contributed by atoms with Gasteiger partial charge < -0.3 is 5.32 Å². The highest BCUT2D eigenvalue weighted by molar-refractivity contribution is 6.31. The Kier molecular flexibility index (Phi) is 6.31. The predicted octanol–water partition coefficient (Wildman–Crippen LogP) is 6.07. The van der Waals surface area contributed by atoms with Crippen LogP contribution >= 0.6 is 11.6 Å². The van der Waals surface area contributed by atoms with E-state index >= 15 is 0 Å². The number of hydrogen-bond acceptors (Lipinski definition) is 4. The Morgan fingerprint density at radius 2 is 1.75 bits per heavy atom. The Balaban J connectivity index is 1.44. The van der Waals surface area contributed by atoms with E-state index in [1.165, 1.54) is 22.9 Å². The van der Waals surface area contributed by atoms with Gasteiger partial charge in [0.05, 0.1) is 11.4 Å². The number of aromatic nitrogens is 3. The molecule has 0 bridgehead atoms. The van der Waals surface area contributed by atoms with E-state index in [0.29, 0.717) is 33.2 Å². The number of fused-ring (bicyclic) bond motifs is 1. The van der Waals surface area contributed by atoms with E-state index in [0.717, 1.165) is 16.5 Å². The summed E-state index contributed by atoms with van der Waals surface area (Å²) in [5.74, 6) is -0.947. The first-order chi connectivity index (χ1) is 17.4. The van der Waals surface area contributed by atoms with Gasteiger partial charge in [-0.05, 0) is 54.4 Å². The number of carbonyl (C=O) groups excluding carboxylic acids is 2. The Morgan fingerprint density at radius 3 is 2.50 bits per heavy atom. The van der Waals surface area contributed by atoms with Crippen LogP contribution in [0.15, 0.2) is 85.1 Å². The highest BCUT2D eigenvalue weighted by atomic mass is 35.5. The SMILES string of the molecule is Cc1nn(CC(=O)Nc2ccc(Cl)cc2C(=O)c2ccccc2)c2nccc(-c3ccc(F)cc3)c12. The standard InChI is InChI=1S/C28H20ClFN4O2/c1-17-26-22(18-7-10-21(30)11-8-18)13-14-31-28(26)34(33-17)16-25(35)32-24-12-9-20(29)15-23(24)27(36)19-5-3-2-4-6-19/h2-15H,16H2,1H3,(H,32,35). The smallest absolute Gasteiger partial charge is 0.246 e. The van der Waals surface area contributed by atoms with E-state index in [-0.39, 0.29) is 24.1 Å². The highest BCUT2D eigenvalue weighted by Gasteiger charge is 2.19. The fourth-order valence-electron chi connectivity index (χ4n) is 4.15. The van der Waals surface area contributed by atoms with Crippen LogP contribution in [0.2, 0.25) is 5.02 Å². The lowest BCUT2D eigenvalue weighted by Gasteiger charge is -2.12. The van der Waals surface area contributed by atoms with Crippen molar-refractivity contribution in [2.75, 3.05) is 5.32 Å². The van der Waals surface area contributed by atoms with Crippen LogP contribution in [0.3, 0.4) is 0 Å². The summed E-state index contributed by atoms with van der Waals surface area (Å²) in [5.41, 5.74) is 4.02. The van der Waals surface area contributed by atoms with Gasteiger partial charge >= 0.3 is 0 Å². The maximum Gasteiger partial charge on any atom is 0.246 e. The zero-order valence-corrected chi connectivity index (χ0v) is 20.0. The largest absolute Gasteiger partial charge is 0.324 e. The number of pyridine rings is 1. The molecule has 8 heteroatoms. The average Bonchev–Trinajstić information content (AvgIpc) is 3.20. The lowest BCUT2D eigenvalue weighted by molar-refractivity contribution is -0.116. The molecule has 36 heavy (non-hydrogen) atoms. The van der Waals surface area contributed by atoms with E-state index in [1.54, 1.807) is 54.7 Å². The van der Waals surface area contributed by atoms with Crippen molar-refractivity contribution >= 4 is 40.0 Å². The van der Waals surface area contributed by atoms with E-state index in [9.17, 15) is 14.0 Å². The second-order valence-electron chi connectivity index (χ2n) is 8.24. The van der Waals surface area contributed by atoms with Crippen LogP contribution in [0, 0.1) is 12.7 Å². The molecule has 0 unspecified atom stereocenters. The molecule has 2 heterocycles. The van der Waals surface area contributed by atoms with Crippen LogP contribution in [0.1, 0.15) is 21.6 Å². The van der Waals surface area contributed by atoms with Crippen molar-refractivity contribution in [3.8, 4) is 11.1 Å². The molecule has 0 spiro atoms. The molecule has 1 amide bonds. The summed E-state index contributed by atoms with van der Waals surface area (Å²) in [4.78, 5) is 30.5. The second-order valence-corrected chi connectivity index (χ2v) is 8.68. The lowest BCUT2D eigenvalue weighted by atomic mass is 10.0. The Morgan fingerprint density at radius 1 is 1.00 bits per heavy atom. The molecule has 3 aromatic carbocycles. The third kappa shape index (κ3) is 4.61. The van der Waals surface area contributed by atoms with Gasteiger partial charge in [0.1, 0.15) is 12.4 Å². The van der Waals surface area contributed by atoms with Crippen LogP contribution in [0.5, 0.6) is 0 Å². The number of ketones is 1. The summed E-state index contributed by atoms with van der Waals surface area (Å²) < 4.78 is 14.9. The van der Waals surface area contributed by atoms with E-state index in [4.69, 9.17) is 11.6 Å². The normalized spacial score (nSPS) is 11.0. The molecule has 5 aromatic rings. The van der Waals surface area contributed by atoms with Gasteiger partial charge in [0.15, 0.2) is 11.4 Å². The summed E-state index contributed by atoms with van der Waals surface area (Å²) in [6.07, 6.45) is 1.63. The van der Waals surface area contributed by atoms with Crippen LogP contribution in [-0.4, -0.2) is 26.5 Å². The zero-order valence-electron chi connectivity index (χ0n) is 19.2. The van der Waals surface area contributed by atoms with Crippen LogP contribution < -0.4 is 5.32 Å². The third-order valence-corrected chi connectivity index (χ3v) is 6.03. The molecule has 0 atom stereocenters. The number of hydrogen-bond donors (Lipinski definition) is 1. The van der Waals surface area contributed by atoms with Crippen molar-refractivity contribution < 1.29 is 14.0 Å². The summed E-state index contributed by atoms with van der Waals surface area (Å²) in [6, 6.07) is 21.6. The minimum absolute atomic E-state index is 0.119. The number of halogens is 2. The van der Waals surface area contributed by atoms with Gasteiger partial charge in [-0.25, -0.2) is 14.1 Å². The molecular weight excluding hydrogens is 479 g/mol. The zero-order chi connectivity index (χ0) is 25.2. The summed E-state index contributed by atoms with van der Waals surface area (Å²) in [5, 5.41) is 8.51. The number of rotatable bonds is 6. The van der Waals surface area contributed by atoms with Gasteiger partial charge in [0.25, 0.3) is 0 Å².